The third-order valence-corrected chi connectivity index (χ3v) is 4.48. The summed E-state index contributed by atoms with van der Waals surface area (Å²) in [6, 6.07) is 5.36. The third-order valence-electron chi connectivity index (χ3n) is 4.27. The number of amides is 2. The van der Waals surface area contributed by atoms with E-state index in [1.165, 1.54) is 0 Å². The van der Waals surface area contributed by atoms with Gasteiger partial charge in [-0.1, -0.05) is 19.9 Å². The summed E-state index contributed by atoms with van der Waals surface area (Å²) < 4.78 is 10.6. The molecular weight excluding hydrogens is 380 g/mol. The number of aromatic amines is 1. The minimum atomic E-state index is -0.227. The summed E-state index contributed by atoms with van der Waals surface area (Å²) >= 11 is 5.19. The topological polar surface area (TPSA) is 104 Å². The highest BCUT2D eigenvalue weighted by Crippen LogP contribution is 2.24. The molecule has 154 valence electrons. The number of para-hydroxylation sites is 1. The fourth-order valence-electron chi connectivity index (χ4n) is 2.85. The largest absolute Gasteiger partial charge is 0.494 e. The van der Waals surface area contributed by atoms with Crippen LogP contribution in [0.4, 0.5) is 10.7 Å². The number of benzene rings is 1. The first kappa shape index (κ1) is 21.7. The average Bonchev–Trinajstić information content (AvgIpc) is 3.15. The molecule has 3 rings (SSSR count). The molecule has 1 fully saturated rings. The van der Waals surface area contributed by atoms with Gasteiger partial charge in [0.05, 0.1) is 18.7 Å². The number of piperidine rings is 1. The van der Waals surface area contributed by atoms with E-state index in [1.54, 1.807) is 19.1 Å². The van der Waals surface area contributed by atoms with Crippen LogP contribution in [0.3, 0.4) is 0 Å². The number of nitrogens with one attached hydrogen (secondary N) is 4. The molecule has 0 unspecified atom stereocenters. The van der Waals surface area contributed by atoms with Crippen molar-refractivity contribution >= 4 is 40.3 Å². The minimum absolute atomic E-state index is 0.222. The van der Waals surface area contributed by atoms with Gasteiger partial charge in [0.25, 0.3) is 0 Å². The van der Waals surface area contributed by atoms with Crippen LogP contribution in [-0.2, 0) is 4.74 Å². The van der Waals surface area contributed by atoms with E-state index in [0.29, 0.717) is 30.3 Å². The third kappa shape index (κ3) is 5.46. The fourth-order valence-corrected chi connectivity index (χ4v) is 3.00. The minimum Gasteiger partial charge on any atom is -0.494 e. The van der Waals surface area contributed by atoms with E-state index in [2.05, 4.69) is 26.1 Å². The Balaban J connectivity index is 0.00000136. The second-order valence-electron chi connectivity index (χ2n) is 5.87. The number of anilines is 1. The van der Waals surface area contributed by atoms with Crippen molar-refractivity contribution in [1.82, 2.24) is 25.7 Å². The monoisotopic (exact) mass is 408 g/mol. The Morgan fingerprint density at radius 2 is 1.96 bits per heavy atom. The van der Waals surface area contributed by atoms with Gasteiger partial charge in [-0.25, -0.2) is 15.2 Å². The maximum absolute atomic E-state index is 12.2. The van der Waals surface area contributed by atoms with E-state index in [1.807, 2.05) is 32.0 Å². The number of carbonyl (C=O) groups is 1. The molecule has 0 spiro atoms. The Morgan fingerprint density at radius 1 is 1.25 bits per heavy atom. The molecule has 2 aromatic rings. The van der Waals surface area contributed by atoms with Crippen molar-refractivity contribution in [2.45, 2.75) is 32.8 Å². The van der Waals surface area contributed by atoms with Gasteiger partial charge in [-0.15, -0.1) is 0 Å². The zero-order chi connectivity index (χ0) is 20.5. The lowest BCUT2D eigenvalue weighted by atomic mass is 10.1. The summed E-state index contributed by atoms with van der Waals surface area (Å²) in [5.74, 6) is 1.12. The second kappa shape index (κ2) is 10.7. The second-order valence-corrected chi connectivity index (χ2v) is 6.28. The first-order valence-electron chi connectivity index (χ1n) is 9.28. The number of ether oxygens (including phenoxy) is 2. The van der Waals surface area contributed by atoms with Crippen molar-refractivity contribution in [2.75, 3.05) is 32.6 Å². The number of aromatic nitrogens is 2. The normalized spacial score (nSPS) is 14.1. The van der Waals surface area contributed by atoms with E-state index < -0.39 is 0 Å². The molecule has 1 aliphatic rings. The summed E-state index contributed by atoms with van der Waals surface area (Å²) in [6.07, 6.45) is 1.88. The van der Waals surface area contributed by atoms with Crippen LogP contribution in [0.1, 0.15) is 26.7 Å². The molecule has 0 aliphatic carbocycles. The number of likely N-dealkylation sites (tertiary alicyclic amines) is 1. The van der Waals surface area contributed by atoms with E-state index in [0.717, 1.165) is 18.4 Å². The predicted molar refractivity (Wildman–Crippen MR) is 113 cm³/mol. The Hall–Kier alpha value is -2.59. The highest BCUT2D eigenvalue weighted by Gasteiger charge is 2.22. The van der Waals surface area contributed by atoms with Crippen LogP contribution in [0.2, 0.25) is 0 Å². The van der Waals surface area contributed by atoms with Gasteiger partial charge in [0.15, 0.2) is 5.11 Å². The number of methoxy groups -OCH3 is 2. The zero-order valence-electron chi connectivity index (χ0n) is 16.7. The van der Waals surface area contributed by atoms with Crippen LogP contribution in [0, 0.1) is 0 Å². The Bertz CT molecular complexity index is 789. The van der Waals surface area contributed by atoms with Crippen LogP contribution in [0.25, 0.3) is 11.0 Å². The van der Waals surface area contributed by atoms with Crippen LogP contribution in [0.15, 0.2) is 18.2 Å². The lowest BCUT2D eigenvalue weighted by Crippen LogP contribution is -2.52. The van der Waals surface area contributed by atoms with Gasteiger partial charge >= 0.3 is 6.03 Å². The number of fused-ring (bicyclic) bond motifs is 1. The molecule has 10 heteroatoms. The summed E-state index contributed by atoms with van der Waals surface area (Å²) in [5.41, 5.74) is 6.79. The van der Waals surface area contributed by atoms with Crippen LogP contribution >= 0.6 is 12.2 Å². The highest BCUT2D eigenvalue weighted by atomic mass is 32.1. The summed E-state index contributed by atoms with van der Waals surface area (Å²) in [5, 5.41) is 3.13. The van der Waals surface area contributed by atoms with Gasteiger partial charge in [0, 0.05) is 20.2 Å². The quantitative estimate of drug-likeness (QED) is 0.457. The van der Waals surface area contributed by atoms with Gasteiger partial charge in [0.1, 0.15) is 11.3 Å². The van der Waals surface area contributed by atoms with Gasteiger partial charge in [0.2, 0.25) is 5.95 Å². The summed E-state index contributed by atoms with van der Waals surface area (Å²) in [6.45, 7) is 5.30. The molecule has 1 aromatic heterocycles. The zero-order valence-corrected chi connectivity index (χ0v) is 17.5. The number of rotatable bonds is 3. The molecule has 1 saturated heterocycles. The Kier molecular flexibility index (Phi) is 8.27. The molecule has 4 N–H and O–H groups in total. The number of hydrazine groups is 1. The molecule has 9 nitrogen and oxygen atoms in total. The number of H-pyrrole nitrogens is 1. The van der Waals surface area contributed by atoms with E-state index in [9.17, 15) is 4.79 Å². The van der Waals surface area contributed by atoms with Gasteiger partial charge < -0.3 is 24.7 Å². The Morgan fingerprint density at radius 3 is 2.61 bits per heavy atom. The van der Waals surface area contributed by atoms with Crippen molar-refractivity contribution in [3.05, 3.63) is 18.2 Å². The number of thiocarbonyl (C=S) groups is 1. The van der Waals surface area contributed by atoms with Crippen molar-refractivity contribution in [3.8, 4) is 5.75 Å². The first-order chi connectivity index (χ1) is 13.6. The van der Waals surface area contributed by atoms with E-state index in [4.69, 9.17) is 21.7 Å². The molecule has 0 radical (unpaired) electrons. The molecular formula is C18H28N6O3S. The summed E-state index contributed by atoms with van der Waals surface area (Å²) in [4.78, 5) is 21.4. The molecule has 2 heterocycles. The number of imidazole rings is 1. The van der Waals surface area contributed by atoms with Crippen LogP contribution < -0.4 is 20.9 Å². The van der Waals surface area contributed by atoms with Crippen LogP contribution in [-0.4, -0.2) is 59.4 Å². The number of hydrogen-bond donors (Lipinski definition) is 4. The molecule has 1 aliphatic heterocycles. The molecule has 0 bridgehead atoms. The lowest BCUT2D eigenvalue weighted by molar-refractivity contribution is 0.0501. The molecule has 1 aromatic carbocycles. The van der Waals surface area contributed by atoms with Gasteiger partial charge in [-0.2, -0.15) is 0 Å². The SMILES string of the molecule is CC.COc1cccc2[nH]c(NC(=S)NNC(=O)N3CCC(OC)CC3)nc12. The molecule has 0 saturated carbocycles. The van der Waals surface area contributed by atoms with Crippen molar-refractivity contribution in [1.29, 1.82) is 0 Å². The number of hydrogen-bond acceptors (Lipinski definition) is 5. The Labute approximate surface area is 170 Å². The highest BCUT2D eigenvalue weighted by molar-refractivity contribution is 7.80. The van der Waals surface area contributed by atoms with Crippen LogP contribution in [0.5, 0.6) is 5.75 Å². The fraction of sp³-hybridized carbons (Fsp3) is 0.500. The summed E-state index contributed by atoms with van der Waals surface area (Å²) in [7, 11) is 3.29. The number of nitrogens with zero attached hydrogens (tertiary/aromatic N) is 2. The average molecular weight is 409 g/mol. The van der Waals surface area contributed by atoms with Crippen molar-refractivity contribution in [3.63, 3.8) is 0 Å². The van der Waals surface area contributed by atoms with Gasteiger partial charge in [-0.05, 0) is 37.2 Å². The van der Waals surface area contributed by atoms with E-state index in [-0.39, 0.29) is 17.2 Å². The predicted octanol–water partition coefficient (Wildman–Crippen LogP) is 2.62. The maximum atomic E-state index is 12.2. The van der Waals surface area contributed by atoms with Gasteiger partial charge in [-0.3, -0.25) is 5.43 Å². The number of urea groups is 1. The molecule has 2 amide bonds. The van der Waals surface area contributed by atoms with Crippen molar-refractivity contribution < 1.29 is 14.3 Å². The smallest absolute Gasteiger partial charge is 0.336 e. The standard InChI is InChI=1S/C16H22N6O3S.C2H6/c1-24-10-6-8-22(9-7-10)16(23)21-20-15(26)19-14-17-11-4-3-5-12(25-2)13(11)18-14;1-2/h3-5,10H,6-9H2,1-2H3,(H,21,23)(H3,17,18,19,20,26);1-2H3. The molecule has 0 atom stereocenters. The maximum Gasteiger partial charge on any atom is 0.336 e. The first-order valence-corrected chi connectivity index (χ1v) is 9.69. The molecule has 28 heavy (non-hydrogen) atoms. The number of carbonyl (C=O) groups excluding carboxylic acids is 1. The van der Waals surface area contributed by atoms with E-state index >= 15 is 0 Å². The lowest BCUT2D eigenvalue weighted by Gasteiger charge is -2.31. The van der Waals surface area contributed by atoms with Crippen molar-refractivity contribution in [2.24, 2.45) is 0 Å².